The summed E-state index contributed by atoms with van der Waals surface area (Å²) in [6, 6.07) is 1.30. The van der Waals surface area contributed by atoms with Gasteiger partial charge in [-0.3, -0.25) is 0 Å². The van der Waals surface area contributed by atoms with Gasteiger partial charge in [-0.1, -0.05) is 12.8 Å². The summed E-state index contributed by atoms with van der Waals surface area (Å²) >= 11 is 0. The molecule has 0 aromatic rings. The van der Waals surface area contributed by atoms with E-state index in [1.807, 2.05) is 0 Å². The first-order valence-corrected chi connectivity index (χ1v) is 6.22. The fourth-order valence-electron chi connectivity index (χ4n) is 2.00. The number of hydrogen-bond acceptors (Lipinski definition) is 3. The molecular formula is C12H26N2O. The second-order valence-corrected chi connectivity index (χ2v) is 4.75. The van der Waals surface area contributed by atoms with Crippen LogP contribution in [-0.4, -0.2) is 38.4 Å². The summed E-state index contributed by atoms with van der Waals surface area (Å²) in [6.07, 6.45) is 5.84. The van der Waals surface area contributed by atoms with E-state index in [-0.39, 0.29) is 0 Å². The smallest absolute Gasteiger partial charge is 0.0667 e. The topological polar surface area (TPSA) is 33.3 Å². The third-order valence-corrected chi connectivity index (χ3v) is 3.22. The number of hydrogen-bond donors (Lipinski definition) is 2. The average Bonchev–Trinajstić information content (AvgIpc) is 2.75. The van der Waals surface area contributed by atoms with Gasteiger partial charge < -0.3 is 15.4 Å². The first kappa shape index (κ1) is 12.9. The van der Waals surface area contributed by atoms with E-state index in [1.54, 1.807) is 7.11 Å². The molecule has 0 heterocycles. The zero-order valence-corrected chi connectivity index (χ0v) is 10.4. The lowest BCUT2D eigenvalue weighted by atomic mass is 10.2. The molecule has 15 heavy (non-hydrogen) atoms. The molecule has 2 unspecified atom stereocenters. The van der Waals surface area contributed by atoms with E-state index in [0.717, 1.165) is 19.1 Å². The van der Waals surface area contributed by atoms with Gasteiger partial charge in [-0.15, -0.1) is 0 Å². The van der Waals surface area contributed by atoms with Crippen LogP contribution in [-0.2, 0) is 4.74 Å². The second-order valence-electron chi connectivity index (χ2n) is 4.75. The first-order chi connectivity index (χ1) is 7.22. The molecule has 1 saturated carbocycles. The van der Waals surface area contributed by atoms with Gasteiger partial charge in [0.1, 0.15) is 0 Å². The molecule has 1 aliphatic rings. The predicted molar refractivity (Wildman–Crippen MR) is 64.2 cm³/mol. The van der Waals surface area contributed by atoms with Crippen LogP contribution in [0.2, 0.25) is 0 Å². The molecule has 0 amide bonds. The number of ether oxygens (including phenoxy) is 1. The van der Waals surface area contributed by atoms with E-state index in [0.29, 0.717) is 12.1 Å². The molecule has 90 valence electrons. The number of methoxy groups -OCH3 is 1. The van der Waals surface area contributed by atoms with Crippen molar-refractivity contribution in [3.05, 3.63) is 0 Å². The Morgan fingerprint density at radius 2 is 1.87 bits per heavy atom. The summed E-state index contributed by atoms with van der Waals surface area (Å²) in [5, 5.41) is 7.09. The van der Waals surface area contributed by atoms with Gasteiger partial charge >= 0.3 is 0 Å². The van der Waals surface area contributed by atoms with Crippen molar-refractivity contribution in [2.24, 2.45) is 0 Å². The molecule has 1 aliphatic carbocycles. The second kappa shape index (κ2) is 7.20. The maximum atomic E-state index is 5.20. The highest BCUT2D eigenvalue weighted by Gasteiger charge is 2.14. The van der Waals surface area contributed by atoms with Crippen LogP contribution >= 0.6 is 0 Å². The van der Waals surface area contributed by atoms with Crippen molar-refractivity contribution >= 4 is 0 Å². The molecule has 0 aliphatic heterocycles. The van der Waals surface area contributed by atoms with E-state index >= 15 is 0 Å². The molecule has 0 saturated heterocycles. The fourth-order valence-corrected chi connectivity index (χ4v) is 2.00. The Bertz CT molecular complexity index is 158. The van der Waals surface area contributed by atoms with Gasteiger partial charge in [0.05, 0.1) is 6.10 Å². The predicted octanol–water partition coefficient (Wildman–Crippen LogP) is 1.53. The average molecular weight is 214 g/mol. The Balaban J connectivity index is 1.99. The van der Waals surface area contributed by atoms with Crippen LogP contribution < -0.4 is 10.6 Å². The maximum Gasteiger partial charge on any atom is 0.0667 e. The fraction of sp³-hybridized carbons (Fsp3) is 1.00. The molecule has 1 rings (SSSR count). The molecule has 0 aromatic carbocycles. The third kappa shape index (κ3) is 5.50. The minimum atomic E-state index is 0.305. The van der Waals surface area contributed by atoms with Crippen LogP contribution in [0.1, 0.15) is 39.5 Å². The Morgan fingerprint density at radius 1 is 1.20 bits per heavy atom. The molecule has 0 aromatic heterocycles. The van der Waals surface area contributed by atoms with Crippen LogP contribution in [0.3, 0.4) is 0 Å². The van der Waals surface area contributed by atoms with Crippen molar-refractivity contribution in [1.29, 1.82) is 0 Å². The van der Waals surface area contributed by atoms with Crippen molar-refractivity contribution < 1.29 is 4.74 Å². The van der Waals surface area contributed by atoms with E-state index in [2.05, 4.69) is 24.5 Å². The monoisotopic (exact) mass is 214 g/mol. The summed E-state index contributed by atoms with van der Waals surface area (Å²) in [6.45, 7) is 6.32. The summed E-state index contributed by atoms with van der Waals surface area (Å²) in [7, 11) is 1.76. The molecule has 2 atom stereocenters. The summed E-state index contributed by atoms with van der Waals surface area (Å²) in [5.74, 6) is 0. The largest absolute Gasteiger partial charge is 0.380 e. The van der Waals surface area contributed by atoms with Crippen molar-refractivity contribution in [2.45, 2.75) is 57.7 Å². The van der Waals surface area contributed by atoms with Crippen molar-refractivity contribution in [3.8, 4) is 0 Å². The Morgan fingerprint density at radius 3 is 2.47 bits per heavy atom. The van der Waals surface area contributed by atoms with Gasteiger partial charge in [-0.05, 0) is 26.7 Å². The zero-order chi connectivity index (χ0) is 11.1. The summed E-state index contributed by atoms with van der Waals surface area (Å²) < 4.78 is 5.20. The molecular weight excluding hydrogens is 188 g/mol. The SMILES string of the molecule is COC(C)CNC(C)CNC1CCCC1. The minimum absolute atomic E-state index is 0.305. The van der Waals surface area contributed by atoms with Gasteiger partial charge in [0, 0.05) is 32.3 Å². The first-order valence-electron chi connectivity index (χ1n) is 6.22. The third-order valence-electron chi connectivity index (χ3n) is 3.22. The van der Waals surface area contributed by atoms with Crippen molar-refractivity contribution in [3.63, 3.8) is 0 Å². The van der Waals surface area contributed by atoms with E-state index in [1.165, 1.54) is 25.7 Å². The van der Waals surface area contributed by atoms with E-state index < -0.39 is 0 Å². The highest BCUT2D eigenvalue weighted by molar-refractivity contribution is 4.76. The maximum absolute atomic E-state index is 5.20. The Kier molecular flexibility index (Phi) is 6.22. The minimum Gasteiger partial charge on any atom is -0.380 e. The standard InChI is InChI=1S/C12H26N2O/c1-10(13-9-11(2)15-3)8-14-12-6-4-5-7-12/h10-14H,4-9H2,1-3H3. The van der Waals surface area contributed by atoms with Gasteiger partial charge in [-0.2, -0.15) is 0 Å². The Labute approximate surface area is 94.0 Å². The lowest BCUT2D eigenvalue weighted by molar-refractivity contribution is 0.114. The highest BCUT2D eigenvalue weighted by atomic mass is 16.5. The Hall–Kier alpha value is -0.120. The van der Waals surface area contributed by atoms with Crippen LogP contribution in [0.5, 0.6) is 0 Å². The van der Waals surface area contributed by atoms with Crippen molar-refractivity contribution in [1.82, 2.24) is 10.6 Å². The molecule has 2 N–H and O–H groups in total. The normalized spacial score (nSPS) is 21.8. The summed E-state index contributed by atoms with van der Waals surface area (Å²) in [4.78, 5) is 0. The van der Waals surface area contributed by atoms with Gasteiger partial charge in [0.2, 0.25) is 0 Å². The van der Waals surface area contributed by atoms with Gasteiger partial charge in [0.25, 0.3) is 0 Å². The molecule has 0 bridgehead atoms. The molecule has 1 fully saturated rings. The zero-order valence-electron chi connectivity index (χ0n) is 10.4. The lowest BCUT2D eigenvalue weighted by Gasteiger charge is -2.19. The number of rotatable bonds is 7. The molecule has 3 nitrogen and oxygen atoms in total. The lowest BCUT2D eigenvalue weighted by Crippen LogP contribution is -2.42. The molecule has 0 spiro atoms. The van der Waals surface area contributed by atoms with Crippen LogP contribution in [0.4, 0.5) is 0 Å². The number of nitrogens with one attached hydrogen (secondary N) is 2. The van der Waals surface area contributed by atoms with E-state index in [4.69, 9.17) is 4.74 Å². The van der Waals surface area contributed by atoms with Crippen LogP contribution in [0, 0.1) is 0 Å². The van der Waals surface area contributed by atoms with Crippen LogP contribution in [0.25, 0.3) is 0 Å². The van der Waals surface area contributed by atoms with E-state index in [9.17, 15) is 0 Å². The van der Waals surface area contributed by atoms with Gasteiger partial charge in [0.15, 0.2) is 0 Å². The van der Waals surface area contributed by atoms with Crippen LogP contribution in [0.15, 0.2) is 0 Å². The molecule has 0 radical (unpaired) electrons. The summed E-state index contributed by atoms with van der Waals surface area (Å²) in [5.41, 5.74) is 0. The molecule has 3 heteroatoms. The van der Waals surface area contributed by atoms with Gasteiger partial charge in [-0.25, -0.2) is 0 Å². The quantitative estimate of drug-likeness (QED) is 0.674. The highest BCUT2D eigenvalue weighted by Crippen LogP contribution is 2.17. The van der Waals surface area contributed by atoms with Crippen molar-refractivity contribution in [2.75, 3.05) is 20.2 Å².